The Morgan fingerprint density at radius 3 is 2.67 bits per heavy atom. The van der Waals surface area contributed by atoms with Crippen molar-refractivity contribution < 1.29 is 13.2 Å². The monoisotopic (exact) mass is 386 g/mol. The Hall–Kier alpha value is -1.89. The third kappa shape index (κ3) is 3.61. The first kappa shape index (κ1) is 18.5. The Morgan fingerprint density at radius 1 is 1.07 bits per heavy atom. The van der Waals surface area contributed by atoms with Gasteiger partial charge in [0.2, 0.25) is 10.0 Å². The molecule has 2 aromatic carbocycles. The van der Waals surface area contributed by atoms with Crippen molar-refractivity contribution >= 4 is 10.0 Å². The molecule has 1 saturated heterocycles. The molecule has 6 heteroatoms. The topological polar surface area (TPSA) is 49.9 Å². The van der Waals surface area contributed by atoms with Gasteiger partial charge in [0.15, 0.2) is 0 Å². The molecule has 4 rings (SSSR count). The van der Waals surface area contributed by atoms with E-state index in [9.17, 15) is 8.42 Å². The molecule has 0 aromatic heterocycles. The van der Waals surface area contributed by atoms with Gasteiger partial charge in [-0.25, -0.2) is 8.42 Å². The Balaban J connectivity index is 1.57. The fraction of sp³-hybridized carbons (Fsp3) is 0.429. The van der Waals surface area contributed by atoms with Gasteiger partial charge in [0.1, 0.15) is 16.7 Å². The van der Waals surface area contributed by atoms with E-state index in [1.54, 1.807) is 25.2 Å². The number of hydrogen-bond donors (Lipinski definition) is 0. The zero-order valence-corrected chi connectivity index (χ0v) is 16.7. The van der Waals surface area contributed by atoms with Gasteiger partial charge >= 0.3 is 0 Å². The fourth-order valence-corrected chi connectivity index (χ4v) is 5.68. The van der Waals surface area contributed by atoms with Gasteiger partial charge in [-0.05, 0) is 37.5 Å². The maximum absolute atomic E-state index is 13.0. The molecular weight excluding hydrogens is 360 g/mol. The van der Waals surface area contributed by atoms with Crippen molar-refractivity contribution in [3.05, 3.63) is 59.7 Å². The second-order valence-corrected chi connectivity index (χ2v) is 9.50. The van der Waals surface area contributed by atoms with Gasteiger partial charge in [-0.15, -0.1) is 0 Å². The summed E-state index contributed by atoms with van der Waals surface area (Å²) in [6, 6.07) is 15.4. The minimum atomic E-state index is -3.54. The van der Waals surface area contributed by atoms with Gasteiger partial charge in [0.25, 0.3) is 0 Å². The summed E-state index contributed by atoms with van der Waals surface area (Å²) in [7, 11) is -1.85. The third-order valence-electron chi connectivity index (χ3n) is 5.64. The van der Waals surface area contributed by atoms with Crippen LogP contribution in [-0.2, 0) is 16.6 Å². The largest absolute Gasteiger partial charge is 0.487 e. The van der Waals surface area contributed by atoms with Crippen LogP contribution in [0, 0.1) is 6.92 Å². The van der Waals surface area contributed by atoms with Crippen molar-refractivity contribution in [2.24, 2.45) is 0 Å². The maximum Gasteiger partial charge on any atom is 0.246 e. The number of fused-ring (bicyclic) bond motifs is 2. The molecule has 0 radical (unpaired) electrons. The van der Waals surface area contributed by atoms with Crippen LogP contribution in [0.15, 0.2) is 53.4 Å². The molecule has 0 amide bonds. The standard InChI is InChI=1S/C21H26N2O3S/c1-16-6-5-7-17(14-16)15-23-12-10-18-19(11-13-23)26-20-8-3-4-9-21(20)27(24,25)22(18)2/h3-9,14,18-19H,10-13,15H2,1-2H3/t18-,19-/m0/s1. The predicted molar refractivity (Wildman–Crippen MR) is 105 cm³/mol. The summed E-state index contributed by atoms with van der Waals surface area (Å²) in [5, 5.41) is 0. The molecular formula is C21H26N2O3S. The van der Waals surface area contributed by atoms with Crippen LogP contribution in [0.25, 0.3) is 0 Å². The molecule has 0 saturated carbocycles. The Bertz CT molecular complexity index is 929. The van der Waals surface area contributed by atoms with Crippen molar-refractivity contribution in [1.82, 2.24) is 9.21 Å². The quantitative estimate of drug-likeness (QED) is 0.796. The molecule has 0 unspecified atom stereocenters. The van der Waals surface area contributed by atoms with E-state index >= 15 is 0 Å². The summed E-state index contributed by atoms with van der Waals surface area (Å²) in [5.41, 5.74) is 2.56. The van der Waals surface area contributed by atoms with Gasteiger partial charge in [-0.3, -0.25) is 4.90 Å². The second kappa shape index (κ2) is 7.26. The molecule has 2 aliphatic rings. The Kier molecular flexibility index (Phi) is 4.97. The number of rotatable bonds is 2. The molecule has 0 spiro atoms. The first-order valence-corrected chi connectivity index (χ1v) is 10.9. The van der Waals surface area contributed by atoms with Crippen molar-refractivity contribution in [2.75, 3.05) is 20.1 Å². The molecule has 2 atom stereocenters. The zero-order chi connectivity index (χ0) is 19.0. The summed E-state index contributed by atoms with van der Waals surface area (Å²) in [6.07, 6.45) is 1.45. The molecule has 0 N–H and O–H groups in total. The number of benzene rings is 2. The van der Waals surface area contributed by atoms with Crippen molar-refractivity contribution in [1.29, 1.82) is 0 Å². The molecule has 2 aliphatic heterocycles. The molecule has 27 heavy (non-hydrogen) atoms. The average molecular weight is 387 g/mol. The highest BCUT2D eigenvalue weighted by atomic mass is 32.2. The van der Waals surface area contributed by atoms with Crippen molar-refractivity contribution in [3.63, 3.8) is 0 Å². The summed E-state index contributed by atoms with van der Waals surface area (Å²) in [6.45, 7) is 4.74. The average Bonchev–Trinajstić information content (AvgIpc) is 2.87. The number of likely N-dealkylation sites (tertiary alicyclic amines) is 1. The van der Waals surface area contributed by atoms with Crippen LogP contribution in [0.3, 0.4) is 0 Å². The molecule has 2 heterocycles. The van der Waals surface area contributed by atoms with Crippen LogP contribution in [0.2, 0.25) is 0 Å². The summed E-state index contributed by atoms with van der Waals surface area (Å²) in [4.78, 5) is 2.68. The smallest absolute Gasteiger partial charge is 0.246 e. The lowest BCUT2D eigenvalue weighted by atomic mass is 10.1. The number of aryl methyl sites for hydroxylation is 1. The van der Waals surface area contributed by atoms with Crippen LogP contribution in [0.4, 0.5) is 0 Å². The predicted octanol–water partition coefficient (Wildman–Crippen LogP) is 3.04. The van der Waals surface area contributed by atoms with Gasteiger partial charge in [-0.1, -0.05) is 42.0 Å². The van der Waals surface area contributed by atoms with E-state index in [0.717, 1.165) is 32.5 Å². The van der Waals surface area contributed by atoms with E-state index in [0.29, 0.717) is 5.75 Å². The molecule has 144 valence electrons. The number of likely N-dealkylation sites (N-methyl/N-ethyl adjacent to an activating group) is 1. The van der Waals surface area contributed by atoms with Crippen molar-refractivity contribution in [2.45, 2.75) is 43.4 Å². The van der Waals surface area contributed by atoms with Gasteiger partial charge in [-0.2, -0.15) is 4.31 Å². The van der Waals surface area contributed by atoms with Gasteiger partial charge < -0.3 is 4.74 Å². The number of ether oxygens (including phenoxy) is 1. The molecule has 2 aromatic rings. The maximum atomic E-state index is 13.0. The third-order valence-corrected chi connectivity index (χ3v) is 7.56. The van der Waals surface area contributed by atoms with E-state index in [2.05, 4.69) is 36.1 Å². The SMILES string of the molecule is Cc1cccc(CN2CC[C@@H]3Oc4ccccc4S(=O)(=O)N(C)[C@H]3CC2)c1. The van der Waals surface area contributed by atoms with E-state index in [-0.39, 0.29) is 17.0 Å². The van der Waals surface area contributed by atoms with Gasteiger partial charge in [0, 0.05) is 26.7 Å². The van der Waals surface area contributed by atoms with Crippen molar-refractivity contribution in [3.8, 4) is 5.75 Å². The summed E-state index contributed by atoms with van der Waals surface area (Å²) < 4.78 is 33.8. The minimum Gasteiger partial charge on any atom is -0.487 e. The Labute approximate surface area is 161 Å². The fourth-order valence-electron chi connectivity index (χ4n) is 4.15. The minimum absolute atomic E-state index is 0.129. The first-order valence-electron chi connectivity index (χ1n) is 9.47. The lowest BCUT2D eigenvalue weighted by molar-refractivity contribution is 0.122. The van der Waals surface area contributed by atoms with Crippen LogP contribution in [0.1, 0.15) is 24.0 Å². The number of para-hydroxylation sites is 1. The lowest BCUT2D eigenvalue weighted by Crippen LogP contribution is -2.44. The molecule has 5 nitrogen and oxygen atoms in total. The molecule has 1 fully saturated rings. The summed E-state index contributed by atoms with van der Waals surface area (Å²) >= 11 is 0. The highest BCUT2D eigenvalue weighted by Crippen LogP contribution is 2.35. The summed E-state index contributed by atoms with van der Waals surface area (Å²) in [5.74, 6) is 0.476. The lowest BCUT2D eigenvalue weighted by Gasteiger charge is -2.28. The molecule has 0 bridgehead atoms. The van der Waals surface area contributed by atoms with Crippen LogP contribution in [0.5, 0.6) is 5.75 Å². The van der Waals surface area contributed by atoms with Crippen LogP contribution >= 0.6 is 0 Å². The van der Waals surface area contributed by atoms with E-state index < -0.39 is 10.0 Å². The second-order valence-electron chi connectivity index (χ2n) is 7.53. The zero-order valence-electron chi connectivity index (χ0n) is 15.8. The van der Waals surface area contributed by atoms with Crippen LogP contribution < -0.4 is 4.74 Å². The van der Waals surface area contributed by atoms with E-state index in [1.165, 1.54) is 15.4 Å². The van der Waals surface area contributed by atoms with E-state index in [4.69, 9.17) is 4.74 Å². The van der Waals surface area contributed by atoms with Gasteiger partial charge in [0.05, 0.1) is 6.04 Å². The molecule has 0 aliphatic carbocycles. The van der Waals surface area contributed by atoms with E-state index in [1.807, 2.05) is 6.07 Å². The first-order chi connectivity index (χ1) is 12.9. The Morgan fingerprint density at radius 2 is 1.85 bits per heavy atom. The number of nitrogens with zero attached hydrogens (tertiary/aromatic N) is 2. The highest BCUT2D eigenvalue weighted by Gasteiger charge is 2.41. The van der Waals surface area contributed by atoms with Crippen LogP contribution in [-0.4, -0.2) is 49.9 Å². The number of hydrogen-bond acceptors (Lipinski definition) is 4. The normalized spacial score (nSPS) is 25.6. The highest BCUT2D eigenvalue weighted by molar-refractivity contribution is 7.89. The number of sulfonamides is 1.